The summed E-state index contributed by atoms with van der Waals surface area (Å²) >= 11 is 0. The lowest BCUT2D eigenvalue weighted by atomic mass is 10.3. The predicted molar refractivity (Wildman–Crippen MR) is 85.2 cm³/mol. The molecule has 1 fully saturated rings. The fourth-order valence-electron chi connectivity index (χ4n) is 2.64. The number of halogens is 3. The van der Waals surface area contributed by atoms with Gasteiger partial charge < -0.3 is 4.90 Å². The van der Waals surface area contributed by atoms with Crippen molar-refractivity contribution in [3.63, 3.8) is 0 Å². The summed E-state index contributed by atoms with van der Waals surface area (Å²) in [6.07, 6.45) is 0. The minimum absolute atomic E-state index is 0.254. The monoisotopic (exact) mass is 366 g/mol. The molecule has 0 radical (unpaired) electrons. The van der Waals surface area contributed by atoms with Crippen molar-refractivity contribution in [1.82, 2.24) is 19.6 Å². The van der Waals surface area contributed by atoms with Gasteiger partial charge in [0.1, 0.15) is 0 Å². The van der Waals surface area contributed by atoms with Gasteiger partial charge in [-0.1, -0.05) is 0 Å². The third-order valence-corrected chi connectivity index (χ3v) is 4.10. The Morgan fingerprint density at radius 3 is 1.08 bits per heavy atom. The van der Waals surface area contributed by atoms with Crippen molar-refractivity contribution in [1.29, 1.82) is 0 Å². The molecule has 0 unspecified atom stereocenters. The Labute approximate surface area is 145 Å². The highest BCUT2D eigenvalue weighted by Crippen LogP contribution is 2.01. The molecule has 0 N–H and O–H groups in total. The molecule has 10 heteroatoms. The van der Waals surface area contributed by atoms with Gasteiger partial charge in [-0.2, -0.15) is 13.2 Å². The Kier molecular flexibility index (Phi) is 9.79. The molecule has 1 saturated heterocycles. The quantitative estimate of drug-likeness (QED) is 0.578. The van der Waals surface area contributed by atoms with Crippen LogP contribution < -0.4 is 0 Å². The average molecular weight is 366 g/mol. The van der Waals surface area contributed by atoms with Gasteiger partial charge in [-0.25, -0.2) is 0 Å². The second-order valence-electron chi connectivity index (χ2n) is 6.20. The van der Waals surface area contributed by atoms with E-state index < -0.39 is 24.7 Å². The summed E-state index contributed by atoms with van der Waals surface area (Å²) in [7, 11) is 1.84. The Hall–Kier alpha value is -1.36. The van der Waals surface area contributed by atoms with Crippen LogP contribution in [0.25, 0.3) is 0 Å². The Morgan fingerprint density at radius 2 is 0.840 bits per heavy atom. The molecule has 7 nitrogen and oxygen atoms in total. The van der Waals surface area contributed by atoms with E-state index in [0.717, 1.165) is 0 Å². The predicted octanol–water partition coefficient (Wildman–Crippen LogP) is -0.674. The molecule has 0 spiro atoms. The fraction of sp³-hybridized carbons (Fsp3) is 0.800. The minimum atomic E-state index is -1.51. The van der Waals surface area contributed by atoms with Crippen molar-refractivity contribution in [3.8, 4) is 0 Å². The molecule has 1 heterocycles. The van der Waals surface area contributed by atoms with Crippen molar-refractivity contribution in [2.45, 2.75) is 0 Å². The van der Waals surface area contributed by atoms with Crippen molar-refractivity contribution >= 4 is 18.1 Å². The number of rotatable bonds is 6. The van der Waals surface area contributed by atoms with Gasteiger partial charge in [-0.15, -0.1) is 0 Å². The van der Waals surface area contributed by atoms with Crippen LogP contribution in [0.5, 0.6) is 0 Å². The lowest BCUT2D eigenvalue weighted by molar-refractivity contribution is -0.132. The average Bonchev–Trinajstić information content (AvgIpc) is 2.49. The van der Waals surface area contributed by atoms with Crippen LogP contribution in [0, 0.1) is 0 Å². The summed E-state index contributed by atoms with van der Waals surface area (Å²) in [5.74, 6) is 0. The normalized spacial score (nSPS) is 20.6. The van der Waals surface area contributed by atoms with Gasteiger partial charge in [0, 0.05) is 52.4 Å². The van der Waals surface area contributed by atoms with Crippen LogP contribution >= 0.6 is 0 Å². The maximum absolute atomic E-state index is 12.8. The van der Waals surface area contributed by atoms with Crippen molar-refractivity contribution in [2.75, 3.05) is 79.0 Å². The zero-order chi connectivity index (χ0) is 18.8. The molecule has 0 atom stereocenters. The summed E-state index contributed by atoms with van der Waals surface area (Å²) in [6, 6.07) is -4.40. The van der Waals surface area contributed by atoms with E-state index in [1.165, 1.54) is 4.90 Å². The third kappa shape index (κ3) is 10.3. The van der Waals surface area contributed by atoms with Gasteiger partial charge in [0.15, 0.2) is 0 Å². The van der Waals surface area contributed by atoms with E-state index in [-0.39, 0.29) is 26.2 Å². The number of carbonyl (C=O) groups excluding carboxylic acids is 3. The third-order valence-electron chi connectivity index (χ3n) is 4.10. The zero-order valence-corrected chi connectivity index (χ0v) is 14.4. The van der Waals surface area contributed by atoms with E-state index in [2.05, 4.69) is 0 Å². The molecular formula is C15H25F3N4O3. The van der Waals surface area contributed by atoms with Gasteiger partial charge in [-0.05, 0) is 7.05 Å². The molecule has 144 valence electrons. The number of hydrogen-bond donors (Lipinski definition) is 0. The summed E-state index contributed by atoms with van der Waals surface area (Å²) in [5, 5.41) is 0. The van der Waals surface area contributed by atoms with E-state index in [4.69, 9.17) is 0 Å². The zero-order valence-electron chi connectivity index (χ0n) is 14.4. The first-order valence-corrected chi connectivity index (χ1v) is 8.17. The summed E-state index contributed by atoms with van der Waals surface area (Å²) in [4.78, 5) is 39.0. The maximum atomic E-state index is 12.8. The maximum Gasteiger partial charge on any atom is 0.315 e. The van der Waals surface area contributed by atoms with Crippen molar-refractivity contribution in [3.05, 3.63) is 0 Å². The molecule has 1 aliphatic heterocycles. The lowest BCUT2D eigenvalue weighted by Crippen LogP contribution is -2.47. The Balaban J connectivity index is 2.76. The highest BCUT2D eigenvalue weighted by atomic mass is 19.1. The molecule has 0 aliphatic carbocycles. The highest BCUT2D eigenvalue weighted by molar-refractivity contribution is 5.70. The van der Waals surface area contributed by atoms with Gasteiger partial charge in [-0.3, -0.25) is 29.1 Å². The standard InChI is InChI=1S/C15H25F3N4O3/c1-19-2-4-20(10-13(16)23)6-8-22(12-15(18)25)9-7-21(5-3-19)11-14(17)24/h2-12H2,1H3. The molecule has 0 saturated carbocycles. The van der Waals surface area contributed by atoms with Crippen LogP contribution in [0.2, 0.25) is 0 Å². The molecule has 0 aromatic rings. The minimum Gasteiger partial charge on any atom is -0.304 e. The van der Waals surface area contributed by atoms with E-state index in [1.54, 1.807) is 9.80 Å². The highest BCUT2D eigenvalue weighted by Gasteiger charge is 2.19. The van der Waals surface area contributed by atoms with Crippen LogP contribution in [0.3, 0.4) is 0 Å². The first-order chi connectivity index (χ1) is 11.8. The summed E-state index contributed by atoms with van der Waals surface area (Å²) in [5.41, 5.74) is 0. The van der Waals surface area contributed by atoms with E-state index in [9.17, 15) is 27.6 Å². The van der Waals surface area contributed by atoms with Gasteiger partial charge in [0.2, 0.25) is 0 Å². The molecule has 1 rings (SSSR count). The van der Waals surface area contributed by atoms with Crippen LogP contribution in [0.4, 0.5) is 13.2 Å². The molecule has 0 amide bonds. The number of hydrogen-bond acceptors (Lipinski definition) is 7. The lowest BCUT2D eigenvalue weighted by Gasteiger charge is -2.31. The second-order valence-corrected chi connectivity index (χ2v) is 6.20. The molecule has 0 aromatic heterocycles. The first kappa shape index (κ1) is 21.7. The Bertz CT molecular complexity index is 435. The summed E-state index contributed by atoms with van der Waals surface area (Å²) < 4.78 is 38.2. The van der Waals surface area contributed by atoms with E-state index in [0.29, 0.717) is 39.3 Å². The van der Waals surface area contributed by atoms with E-state index in [1.807, 2.05) is 11.9 Å². The second kappa shape index (κ2) is 11.3. The SMILES string of the molecule is CN1CCN(CC(=O)F)CCN(CC(=O)F)CCN(CC(=O)F)CC1. The van der Waals surface area contributed by atoms with Gasteiger partial charge in [0.05, 0.1) is 19.6 Å². The van der Waals surface area contributed by atoms with E-state index >= 15 is 0 Å². The molecular weight excluding hydrogens is 341 g/mol. The molecule has 0 aromatic carbocycles. The van der Waals surface area contributed by atoms with Crippen LogP contribution in [0.1, 0.15) is 0 Å². The number of likely N-dealkylation sites (N-methyl/N-ethyl adjacent to an activating group) is 1. The molecule has 0 bridgehead atoms. The van der Waals surface area contributed by atoms with Gasteiger partial charge >= 0.3 is 18.1 Å². The first-order valence-electron chi connectivity index (χ1n) is 8.17. The molecule has 1 aliphatic rings. The Morgan fingerprint density at radius 1 is 0.600 bits per heavy atom. The summed E-state index contributed by atoms with van der Waals surface area (Å²) in [6.45, 7) is 1.89. The fourth-order valence-corrected chi connectivity index (χ4v) is 2.64. The van der Waals surface area contributed by atoms with Gasteiger partial charge in [0.25, 0.3) is 0 Å². The van der Waals surface area contributed by atoms with Crippen molar-refractivity contribution in [2.24, 2.45) is 0 Å². The van der Waals surface area contributed by atoms with Crippen LogP contribution in [0.15, 0.2) is 0 Å². The largest absolute Gasteiger partial charge is 0.315 e. The smallest absolute Gasteiger partial charge is 0.304 e. The van der Waals surface area contributed by atoms with Crippen LogP contribution in [-0.2, 0) is 14.4 Å². The van der Waals surface area contributed by atoms with Crippen molar-refractivity contribution < 1.29 is 27.6 Å². The topological polar surface area (TPSA) is 64.2 Å². The van der Waals surface area contributed by atoms with Crippen LogP contribution in [-0.4, -0.2) is 117 Å². The number of nitrogens with zero attached hydrogens (tertiary/aromatic N) is 4. The molecule has 25 heavy (non-hydrogen) atoms. The number of carbonyl (C=O) groups is 3.